The standard InChI is InChI=1S/C21H19BrClF3N4O3/c1-29-19(16(23)11-28-29)14-9-12(3-5-17(14)33-8-7-27)30(20(31)21(24,25)26)13-4-6-18(32-2)15(22)10-13/h3-6,9-11H,7-8,27H2,1-2H3. The van der Waals surface area contributed by atoms with Crippen LogP contribution in [0.15, 0.2) is 47.1 Å². The smallest absolute Gasteiger partial charge is 0.472 e. The normalized spacial score (nSPS) is 11.4. The molecule has 0 aliphatic heterocycles. The van der Waals surface area contributed by atoms with E-state index in [1.165, 1.54) is 54.4 Å². The van der Waals surface area contributed by atoms with Gasteiger partial charge in [-0.1, -0.05) is 11.6 Å². The summed E-state index contributed by atoms with van der Waals surface area (Å²) in [6.07, 6.45) is -3.74. The molecule has 1 amide bonds. The number of hydrogen-bond donors (Lipinski definition) is 1. The molecule has 0 saturated heterocycles. The van der Waals surface area contributed by atoms with E-state index in [0.29, 0.717) is 32.1 Å². The third-order valence-electron chi connectivity index (χ3n) is 4.59. The predicted octanol–water partition coefficient (Wildman–Crippen LogP) is 5.08. The second kappa shape index (κ2) is 10.0. The number of nitrogens with two attached hydrogens (primary N) is 1. The number of carbonyl (C=O) groups is 1. The van der Waals surface area contributed by atoms with Crippen LogP contribution < -0.4 is 20.1 Å². The Bertz CT molecular complexity index is 1150. The first-order chi connectivity index (χ1) is 15.6. The summed E-state index contributed by atoms with van der Waals surface area (Å²) in [6, 6.07) is 8.35. The van der Waals surface area contributed by atoms with Gasteiger partial charge in [0.15, 0.2) is 0 Å². The van der Waals surface area contributed by atoms with E-state index in [1.54, 1.807) is 7.05 Å². The molecule has 12 heteroatoms. The Balaban J connectivity index is 2.23. The van der Waals surface area contributed by atoms with Crippen molar-refractivity contribution in [2.24, 2.45) is 12.8 Å². The first kappa shape index (κ1) is 24.9. The summed E-state index contributed by atoms with van der Waals surface area (Å²) in [6.45, 7) is 0.386. The van der Waals surface area contributed by atoms with Crippen molar-refractivity contribution in [2.75, 3.05) is 25.2 Å². The van der Waals surface area contributed by atoms with E-state index in [-0.39, 0.29) is 29.5 Å². The van der Waals surface area contributed by atoms with Crippen molar-refractivity contribution < 1.29 is 27.4 Å². The number of nitrogens with zero attached hydrogens (tertiary/aromatic N) is 3. The number of anilines is 2. The fraction of sp³-hybridized carbons (Fsp3) is 0.238. The Morgan fingerprint density at radius 1 is 1.21 bits per heavy atom. The van der Waals surface area contributed by atoms with Crippen LogP contribution in [0.1, 0.15) is 0 Å². The lowest BCUT2D eigenvalue weighted by molar-refractivity contribution is -0.169. The van der Waals surface area contributed by atoms with Crippen LogP contribution in [0.5, 0.6) is 11.5 Å². The largest absolute Gasteiger partial charge is 0.496 e. The van der Waals surface area contributed by atoms with Crippen molar-refractivity contribution in [3.63, 3.8) is 0 Å². The molecule has 176 valence electrons. The molecule has 33 heavy (non-hydrogen) atoms. The molecule has 2 N–H and O–H groups in total. The molecule has 0 saturated carbocycles. The molecule has 0 aliphatic carbocycles. The zero-order valence-corrected chi connectivity index (χ0v) is 19.8. The van der Waals surface area contributed by atoms with E-state index >= 15 is 0 Å². The van der Waals surface area contributed by atoms with Crippen molar-refractivity contribution in [1.29, 1.82) is 0 Å². The Morgan fingerprint density at radius 2 is 1.85 bits per heavy atom. The minimum absolute atomic E-state index is 0.0253. The lowest BCUT2D eigenvalue weighted by Crippen LogP contribution is -2.38. The minimum atomic E-state index is -5.13. The molecule has 1 heterocycles. The number of halogens is 5. The number of methoxy groups -OCH3 is 1. The molecule has 2 aromatic carbocycles. The fourth-order valence-corrected chi connectivity index (χ4v) is 3.95. The Morgan fingerprint density at radius 3 is 2.36 bits per heavy atom. The van der Waals surface area contributed by atoms with Crippen molar-refractivity contribution in [3.8, 4) is 22.8 Å². The van der Waals surface area contributed by atoms with Gasteiger partial charge in [-0.3, -0.25) is 14.4 Å². The molecular weight excluding hydrogens is 529 g/mol. The van der Waals surface area contributed by atoms with Gasteiger partial charge in [-0.2, -0.15) is 18.3 Å². The van der Waals surface area contributed by atoms with Gasteiger partial charge in [-0.05, 0) is 52.3 Å². The monoisotopic (exact) mass is 546 g/mol. The lowest BCUT2D eigenvalue weighted by atomic mass is 10.1. The van der Waals surface area contributed by atoms with Crippen LogP contribution in [-0.2, 0) is 11.8 Å². The third kappa shape index (κ3) is 5.26. The highest BCUT2D eigenvalue weighted by molar-refractivity contribution is 9.10. The van der Waals surface area contributed by atoms with Crippen molar-refractivity contribution in [2.45, 2.75) is 6.18 Å². The van der Waals surface area contributed by atoms with Crippen molar-refractivity contribution in [3.05, 3.63) is 52.1 Å². The Hall–Kier alpha value is -2.76. The molecule has 0 atom stereocenters. The van der Waals surface area contributed by atoms with Gasteiger partial charge in [0.2, 0.25) is 0 Å². The van der Waals surface area contributed by atoms with Crippen LogP contribution in [0.4, 0.5) is 24.5 Å². The number of carbonyl (C=O) groups excluding carboxylic acids is 1. The Kier molecular flexibility index (Phi) is 7.55. The summed E-state index contributed by atoms with van der Waals surface area (Å²) < 4.78 is 53.3. The zero-order chi connectivity index (χ0) is 24.3. The number of alkyl halides is 3. The second-order valence-corrected chi connectivity index (χ2v) is 8.00. The highest BCUT2D eigenvalue weighted by Gasteiger charge is 2.44. The molecule has 0 spiro atoms. The number of amides is 1. The van der Waals surface area contributed by atoms with Gasteiger partial charge in [-0.15, -0.1) is 0 Å². The number of aromatic nitrogens is 2. The quantitative estimate of drug-likeness (QED) is 0.446. The van der Waals surface area contributed by atoms with Crippen LogP contribution in [0.3, 0.4) is 0 Å². The first-order valence-corrected chi connectivity index (χ1v) is 10.6. The maximum absolute atomic E-state index is 13.6. The fourth-order valence-electron chi connectivity index (χ4n) is 3.16. The average Bonchev–Trinajstić information content (AvgIpc) is 3.10. The lowest BCUT2D eigenvalue weighted by Gasteiger charge is -2.26. The maximum atomic E-state index is 13.6. The summed E-state index contributed by atoms with van der Waals surface area (Å²) in [5.41, 5.74) is 6.19. The van der Waals surface area contributed by atoms with Gasteiger partial charge in [0.25, 0.3) is 0 Å². The van der Waals surface area contributed by atoms with Crippen LogP contribution in [0.25, 0.3) is 11.3 Å². The van der Waals surface area contributed by atoms with E-state index < -0.39 is 12.1 Å². The number of benzene rings is 2. The Labute approximate surface area is 200 Å². The van der Waals surface area contributed by atoms with Gasteiger partial charge in [-0.25, -0.2) is 0 Å². The van der Waals surface area contributed by atoms with E-state index in [1.807, 2.05) is 0 Å². The second-order valence-electron chi connectivity index (χ2n) is 6.74. The molecule has 1 aromatic heterocycles. The average molecular weight is 548 g/mol. The highest BCUT2D eigenvalue weighted by atomic mass is 79.9. The number of ether oxygens (including phenoxy) is 2. The zero-order valence-electron chi connectivity index (χ0n) is 17.5. The topological polar surface area (TPSA) is 82.6 Å². The summed E-state index contributed by atoms with van der Waals surface area (Å²) in [5.74, 6) is -1.35. The summed E-state index contributed by atoms with van der Waals surface area (Å²) in [4.78, 5) is 13.0. The van der Waals surface area contributed by atoms with Crippen LogP contribution >= 0.6 is 27.5 Å². The molecule has 0 fully saturated rings. The molecule has 3 aromatic rings. The van der Waals surface area contributed by atoms with Gasteiger partial charge in [0.1, 0.15) is 18.1 Å². The number of hydrogen-bond acceptors (Lipinski definition) is 5. The van der Waals surface area contributed by atoms with E-state index in [9.17, 15) is 18.0 Å². The SMILES string of the molecule is COc1ccc(N(C(=O)C(F)(F)F)c2ccc(OCCN)c(-c3c(Cl)cnn3C)c2)cc1Br. The van der Waals surface area contributed by atoms with Crippen molar-refractivity contribution >= 4 is 44.8 Å². The molecule has 0 bridgehead atoms. The van der Waals surface area contributed by atoms with Crippen LogP contribution in [0.2, 0.25) is 5.02 Å². The molecule has 0 aliphatic rings. The number of aryl methyl sites for hydroxylation is 1. The molecule has 0 unspecified atom stereocenters. The third-order valence-corrected chi connectivity index (χ3v) is 5.48. The maximum Gasteiger partial charge on any atom is 0.472 e. The van der Waals surface area contributed by atoms with Crippen LogP contribution in [0, 0.1) is 0 Å². The van der Waals surface area contributed by atoms with E-state index in [2.05, 4.69) is 21.0 Å². The first-order valence-electron chi connectivity index (χ1n) is 9.48. The van der Waals surface area contributed by atoms with Gasteiger partial charge < -0.3 is 15.2 Å². The molecule has 0 radical (unpaired) electrons. The predicted molar refractivity (Wildman–Crippen MR) is 122 cm³/mol. The summed E-state index contributed by atoms with van der Waals surface area (Å²) in [5, 5.41) is 4.33. The molecular formula is C21H19BrClF3N4O3. The van der Waals surface area contributed by atoms with E-state index in [0.717, 1.165) is 0 Å². The van der Waals surface area contributed by atoms with Gasteiger partial charge in [0.05, 0.1) is 39.9 Å². The van der Waals surface area contributed by atoms with Crippen molar-refractivity contribution in [1.82, 2.24) is 9.78 Å². The molecule has 3 rings (SSSR count). The molecule has 7 nitrogen and oxygen atoms in total. The summed E-state index contributed by atoms with van der Waals surface area (Å²) >= 11 is 9.53. The van der Waals surface area contributed by atoms with Gasteiger partial charge >= 0.3 is 12.1 Å². The van der Waals surface area contributed by atoms with Gasteiger partial charge in [0, 0.05) is 19.2 Å². The van der Waals surface area contributed by atoms with E-state index in [4.69, 9.17) is 26.8 Å². The number of rotatable bonds is 7. The highest BCUT2D eigenvalue weighted by Crippen LogP contribution is 2.41. The summed E-state index contributed by atoms with van der Waals surface area (Å²) in [7, 11) is 3.04. The minimum Gasteiger partial charge on any atom is -0.496 e. The van der Waals surface area contributed by atoms with Crippen LogP contribution in [-0.4, -0.2) is 42.1 Å².